The monoisotopic (exact) mass is 387 g/mol. The summed E-state index contributed by atoms with van der Waals surface area (Å²) in [6.45, 7) is 0.291. The molecule has 0 aliphatic carbocycles. The van der Waals surface area contributed by atoms with Crippen LogP contribution in [0.25, 0.3) is 0 Å². The van der Waals surface area contributed by atoms with E-state index in [-0.39, 0.29) is 18.1 Å². The van der Waals surface area contributed by atoms with Crippen molar-refractivity contribution < 1.29 is 9.18 Å². The van der Waals surface area contributed by atoms with E-state index in [1.165, 1.54) is 6.07 Å². The number of hydrogen-bond acceptors (Lipinski definition) is 2. The average molecular weight is 388 g/mol. The highest BCUT2D eigenvalue weighted by molar-refractivity contribution is 9.10. The molecule has 0 bridgehead atoms. The highest BCUT2D eigenvalue weighted by Crippen LogP contribution is 2.21. The third-order valence-corrected chi connectivity index (χ3v) is 4.05. The smallest absolute Gasteiger partial charge is 0.230 e. The molecule has 1 amide bonds. The molecule has 1 heterocycles. The van der Waals surface area contributed by atoms with Crippen molar-refractivity contribution in [2.75, 3.05) is 5.32 Å². The molecule has 4 nitrogen and oxygen atoms in total. The molecular formula is C18H15BrFN3O. The van der Waals surface area contributed by atoms with Crippen molar-refractivity contribution in [3.8, 4) is 0 Å². The number of carbonyl (C=O) groups excluding carboxylic acids is 1. The molecule has 0 saturated carbocycles. The summed E-state index contributed by atoms with van der Waals surface area (Å²) in [6.07, 6.45) is 1.98. The minimum absolute atomic E-state index is 0.155. The van der Waals surface area contributed by atoms with Crippen molar-refractivity contribution >= 4 is 27.7 Å². The van der Waals surface area contributed by atoms with E-state index >= 15 is 0 Å². The number of anilines is 1. The Hall–Kier alpha value is -2.47. The Morgan fingerprint density at radius 2 is 1.83 bits per heavy atom. The fourth-order valence-corrected chi connectivity index (χ4v) is 2.74. The molecule has 2 aromatic carbocycles. The van der Waals surface area contributed by atoms with Gasteiger partial charge in [-0.2, -0.15) is 5.10 Å². The standard InChI is InChI=1S/C18H15BrFN3O/c19-15-12-23(11-14-8-4-5-9-16(14)20)22-18(15)21-17(24)10-13-6-2-1-3-7-13/h1-9,12H,10-11H2,(H,21,22,24). The van der Waals surface area contributed by atoms with Crippen molar-refractivity contribution in [2.24, 2.45) is 0 Å². The molecule has 122 valence electrons. The van der Waals surface area contributed by atoms with Crippen LogP contribution in [-0.2, 0) is 17.8 Å². The zero-order valence-corrected chi connectivity index (χ0v) is 14.3. The molecule has 6 heteroatoms. The van der Waals surface area contributed by atoms with Crippen LogP contribution in [0.4, 0.5) is 10.2 Å². The Balaban J connectivity index is 1.68. The van der Waals surface area contributed by atoms with Gasteiger partial charge in [0.2, 0.25) is 5.91 Å². The Morgan fingerprint density at radius 3 is 2.58 bits per heavy atom. The van der Waals surface area contributed by atoms with Crippen LogP contribution >= 0.6 is 15.9 Å². The van der Waals surface area contributed by atoms with E-state index in [1.54, 1.807) is 29.1 Å². The lowest BCUT2D eigenvalue weighted by Crippen LogP contribution is -2.15. The summed E-state index contributed by atoms with van der Waals surface area (Å²) in [6, 6.07) is 16.0. The summed E-state index contributed by atoms with van der Waals surface area (Å²) in [7, 11) is 0. The molecule has 0 atom stereocenters. The quantitative estimate of drug-likeness (QED) is 0.718. The van der Waals surface area contributed by atoms with Gasteiger partial charge in [-0.15, -0.1) is 0 Å². The van der Waals surface area contributed by atoms with Crippen molar-refractivity contribution in [2.45, 2.75) is 13.0 Å². The number of hydrogen-bond donors (Lipinski definition) is 1. The second-order valence-corrected chi connectivity index (χ2v) is 6.18. The van der Waals surface area contributed by atoms with E-state index in [1.807, 2.05) is 30.3 Å². The molecule has 0 aliphatic rings. The topological polar surface area (TPSA) is 46.9 Å². The van der Waals surface area contributed by atoms with E-state index < -0.39 is 0 Å². The van der Waals surface area contributed by atoms with Crippen LogP contribution in [0, 0.1) is 5.82 Å². The van der Waals surface area contributed by atoms with Gasteiger partial charge in [-0.3, -0.25) is 9.48 Å². The molecule has 3 aromatic rings. The fourth-order valence-electron chi connectivity index (χ4n) is 2.32. The second kappa shape index (κ2) is 7.40. The molecular weight excluding hydrogens is 373 g/mol. The van der Waals surface area contributed by atoms with Crippen LogP contribution < -0.4 is 5.32 Å². The first-order valence-electron chi connectivity index (χ1n) is 7.42. The van der Waals surface area contributed by atoms with Crippen molar-refractivity contribution in [1.29, 1.82) is 0 Å². The number of nitrogens with one attached hydrogen (secondary N) is 1. The summed E-state index contributed by atoms with van der Waals surface area (Å²) < 4.78 is 15.9. The normalized spacial score (nSPS) is 10.6. The summed E-state index contributed by atoms with van der Waals surface area (Å²) in [5, 5.41) is 7.07. The van der Waals surface area contributed by atoms with Gasteiger partial charge in [0.05, 0.1) is 17.4 Å². The molecule has 24 heavy (non-hydrogen) atoms. The van der Waals surface area contributed by atoms with Gasteiger partial charge in [-0.05, 0) is 27.6 Å². The lowest BCUT2D eigenvalue weighted by atomic mass is 10.1. The van der Waals surface area contributed by atoms with Crippen LogP contribution in [-0.4, -0.2) is 15.7 Å². The van der Waals surface area contributed by atoms with Crippen LogP contribution in [0.1, 0.15) is 11.1 Å². The Labute approximate surface area is 147 Å². The SMILES string of the molecule is O=C(Cc1ccccc1)Nc1nn(Cc2ccccc2F)cc1Br. The summed E-state index contributed by atoms with van der Waals surface area (Å²) in [4.78, 5) is 12.1. The van der Waals surface area contributed by atoms with E-state index in [2.05, 4.69) is 26.3 Å². The van der Waals surface area contributed by atoms with Crippen molar-refractivity contribution in [3.63, 3.8) is 0 Å². The first-order valence-corrected chi connectivity index (χ1v) is 8.21. The zero-order valence-electron chi connectivity index (χ0n) is 12.7. The lowest BCUT2D eigenvalue weighted by Gasteiger charge is -2.04. The van der Waals surface area contributed by atoms with Gasteiger partial charge in [0.1, 0.15) is 5.82 Å². The highest BCUT2D eigenvalue weighted by Gasteiger charge is 2.12. The van der Waals surface area contributed by atoms with Crippen LogP contribution in [0.3, 0.4) is 0 Å². The maximum absolute atomic E-state index is 13.7. The predicted octanol–water partition coefficient (Wildman–Crippen LogP) is 4.01. The molecule has 0 saturated heterocycles. The molecule has 3 rings (SSSR count). The fraction of sp³-hybridized carbons (Fsp3) is 0.111. The lowest BCUT2D eigenvalue weighted by molar-refractivity contribution is -0.115. The highest BCUT2D eigenvalue weighted by atomic mass is 79.9. The largest absolute Gasteiger partial charge is 0.308 e. The Morgan fingerprint density at radius 1 is 1.12 bits per heavy atom. The van der Waals surface area contributed by atoms with Crippen LogP contribution in [0.5, 0.6) is 0 Å². The number of halogens is 2. The first-order chi connectivity index (χ1) is 11.6. The zero-order chi connectivity index (χ0) is 16.9. The van der Waals surface area contributed by atoms with E-state index in [9.17, 15) is 9.18 Å². The van der Waals surface area contributed by atoms with Crippen LogP contribution in [0.15, 0.2) is 65.3 Å². The van der Waals surface area contributed by atoms with E-state index in [0.717, 1.165) is 5.56 Å². The maximum Gasteiger partial charge on any atom is 0.230 e. The number of nitrogens with zero attached hydrogens (tertiary/aromatic N) is 2. The Bertz CT molecular complexity index is 848. The maximum atomic E-state index is 13.7. The summed E-state index contributed by atoms with van der Waals surface area (Å²) >= 11 is 3.37. The molecule has 0 aliphatic heterocycles. The molecule has 1 N–H and O–H groups in total. The molecule has 0 unspecified atom stereocenters. The van der Waals surface area contributed by atoms with Gasteiger partial charge in [-0.1, -0.05) is 48.5 Å². The number of benzene rings is 2. The molecule has 0 spiro atoms. The van der Waals surface area contributed by atoms with E-state index in [0.29, 0.717) is 22.4 Å². The van der Waals surface area contributed by atoms with E-state index in [4.69, 9.17) is 0 Å². The first kappa shape index (κ1) is 16.4. The number of rotatable bonds is 5. The number of carbonyl (C=O) groups is 1. The molecule has 1 aromatic heterocycles. The van der Waals surface area contributed by atoms with Gasteiger partial charge >= 0.3 is 0 Å². The summed E-state index contributed by atoms with van der Waals surface area (Å²) in [5.74, 6) is -0.0101. The second-order valence-electron chi connectivity index (χ2n) is 5.33. The molecule has 0 radical (unpaired) electrons. The van der Waals surface area contributed by atoms with Gasteiger partial charge in [0.15, 0.2) is 5.82 Å². The minimum Gasteiger partial charge on any atom is -0.308 e. The average Bonchev–Trinajstić information content (AvgIpc) is 2.90. The number of aromatic nitrogens is 2. The third kappa shape index (κ3) is 4.08. The molecule has 0 fully saturated rings. The Kier molecular flexibility index (Phi) is 5.05. The third-order valence-electron chi connectivity index (χ3n) is 3.47. The van der Waals surface area contributed by atoms with Crippen LogP contribution in [0.2, 0.25) is 0 Å². The van der Waals surface area contributed by atoms with Crippen molar-refractivity contribution in [1.82, 2.24) is 9.78 Å². The van der Waals surface area contributed by atoms with Gasteiger partial charge < -0.3 is 5.32 Å². The number of amides is 1. The van der Waals surface area contributed by atoms with Crippen molar-refractivity contribution in [3.05, 3.63) is 82.2 Å². The minimum atomic E-state index is -0.279. The van der Waals surface area contributed by atoms with Gasteiger partial charge in [0.25, 0.3) is 0 Å². The predicted molar refractivity (Wildman–Crippen MR) is 94.2 cm³/mol. The van der Waals surface area contributed by atoms with Gasteiger partial charge in [-0.25, -0.2) is 4.39 Å². The van der Waals surface area contributed by atoms with Gasteiger partial charge in [0, 0.05) is 11.8 Å². The summed E-state index contributed by atoms with van der Waals surface area (Å²) in [5.41, 5.74) is 1.46.